The van der Waals surface area contributed by atoms with Gasteiger partial charge in [-0.15, -0.1) is 11.6 Å². The molecule has 0 saturated carbocycles. The highest BCUT2D eigenvalue weighted by atomic mass is 35.5. The minimum absolute atomic E-state index is 0.134. The molecular weight excluding hydrogens is 245 g/mol. The highest BCUT2D eigenvalue weighted by molar-refractivity contribution is 6.18. The third-order valence-electron chi connectivity index (χ3n) is 2.17. The van der Waals surface area contributed by atoms with Gasteiger partial charge in [-0.3, -0.25) is 4.79 Å². The van der Waals surface area contributed by atoms with Crippen molar-refractivity contribution in [2.24, 2.45) is 0 Å². The molecule has 0 aliphatic heterocycles. The Morgan fingerprint density at radius 1 is 1.59 bits per heavy atom. The summed E-state index contributed by atoms with van der Waals surface area (Å²) in [7, 11) is 1.54. The quantitative estimate of drug-likeness (QED) is 0.791. The lowest BCUT2D eigenvalue weighted by Crippen LogP contribution is -2.40. The summed E-state index contributed by atoms with van der Waals surface area (Å²) in [6.07, 6.45) is 0.134. The first-order valence-corrected chi connectivity index (χ1v) is 5.78. The van der Waals surface area contributed by atoms with E-state index in [1.807, 2.05) is 0 Å². The van der Waals surface area contributed by atoms with Crippen LogP contribution in [0.4, 0.5) is 4.39 Å². The van der Waals surface area contributed by atoms with Crippen LogP contribution in [0.1, 0.15) is 5.56 Å². The molecule has 1 N–H and O–H groups in total. The lowest BCUT2D eigenvalue weighted by molar-refractivity contribution is -0.121. The number of ether oxygens (including phenoxy) is 1. The fraction of sp³-hybridized carbons (Fsp3) is 0.417. The smallest absolute Gasteiger partial charge is 0.224 e. The second kappa shape index (κ2) is 7.25. The summed E-state index contributed by atoms with van der Waals surface area (Å²) in [6, 6.07) is 5.74. The van der Waals surface area contributed by atoms with Crippen LogP contribution in [0.5, 0.6) is 0 Å². The number of rotatable bonds is 6. The van der Waals surface area contributed by atoms with Crippen molar-refractivity contribution in [3.05, 3.63) is 35.6 Å². The second-order valence-corrected chi connectivity index (χ2v) is 3.99. The predicted molar refractivity (Wildman–Crippen MR) is 64.6 cm³/mol. The molecule has 0 aliphatic carbocycles. The normalized spacial score (nSPS) is 12.2. The minimum atomic E-state index is -0.346. The van der Waals surface area contributed by atoms with Gasteiger partial charge in [-0.2, -0.15) is 0 Å². The number of amides is 1. The molecule has 0 spiro atoms. The Morgan fingerprint density at radius 3 is 2.94 bits per heavy atom. The Bertz CT molecular complexity index is 373. The molecule has 0 bridgehead atoms. The van der Waals surface area contributed by atoms with Crippen molar-refractivity contribution in [2.45, 2.75) is 12.5 Å². The summed E-state index contributed by atoms with van der Waals surface area (Å²) in [6.45, 7) is 0.360. The molecule has 17 heavy (non-hydrogen) atoms. The van der Waals surface area contributed by atoms with Crippen molar-refractivity contribution in [3.63, 3.8) is 0 Å². The molecule has 94 valence electrons. The Balaban J connectivity index is 2.49. The van der Waals surface area contributed by atoms with Crippen molar-refractivity contribution in [2.75, 3.05) is 19.6 Å². The zero-order chi connectivity index (χ0) is 12.7. The fourth-order valence-corrected chi connectivity index (χ4v) is 1.60. The van der Waals surface area contributed by atoms with E-state index in [1.165, 1.54) is 19.2 Å². The van der Waals surface area contributed by atoms with E-state index in [-0.39, 0.29) is 30.1 Å². The van der Waals surface area contributed by atoms with Crippen molar-refractivity contribution in [1.29, 1.82) is 0 Å². The number of carbonyl (C=O) groups excluding carboxylic acids is 1. The van der Waals surface area contributed by atoms with Crippen LogP contribution in [0.15, 0.2) is 24.3 Å². The predicted octanol–water partition coefficient (Wildman–Crippen LogP) is 1.74. The molecule has 1 unspecified atom stereocenters. The number of nitrogens with one attached hydrogen (secondary N) is 1. The van der Waals surface area contributed by atoms with Gasteiger partial charge in [-0.25, -0.2) is 4.39 Å². The first-order chi connectivity index (χ1) is 8.15. The first kappa shape index (κ1) is 13.9. The highest BCUT2D eigenvalue weighted by Crippen LogP contribution is 2.04. The van der Waals surface area contributed by atoms with E-state index in [0.29, 0.717) is 12.2 Å². The molecule has 1 atom stereocenters. The van der Waals surface area contributed by atoms with Gasteiger partial charge in [0.05, 0.1) is 19.1 Å². The van der Waals surface area contributed by atoms with Gasteiger partial charge in [0.1, 0.15) is 5.82 Å². The van der Waals surface area contributed by atoms with E-state index in [1.54, 1.807) is 12.1 Å². The van der Waals surface area contributed by atoms with Crippen LogP contribution in [0.3, 0.4) is 0 Å². The Labute approximate surface area is 105 Å². The monoisotopic (exact) mass is 259 g/mol. The first-order valence-electron chi connectivity index (χ1n) is 5.24. The molecule has 3 nitrogen and oxygen atoms in total. The van der Waals surface area contributed by atoms with Crippen molar-refractivity contribution in [1.82, 2.24) is 5.32 Å². The summed E-state index contributed by atoms with van der Waals surface area (Å²) < 4.78 is 17.8. The van der Waals surface area contributed by atoms with Crippen LogP contribution < -0.4 is 5.32 Å². The standard InChI is InChI=1S/C12H15ClFNO2/c1-17-8-11(7-13)15-12(16)6-9-3-2-4-10(14)5-9/h2-5,11H,6-8H2,1H3,(H,15,16). The van der Waals surface area contributed by atoms with E-state index in [0.717, 1.165) is 0 Å². The second-order valence-electron chi connectivity index (χ2n) is 3.68. The molecule has 0 aromatic heterocycles. The van der Waals surface area contributed by atoms with Gasteiger partial charge in [0.25, 0.3) is 0 Å². The third kappa shape index (κ3) is 5.15. The number of hydrogen-bond acceptors (Lipinski definition) is 2. The molecule has 1 amide bonds. The SMILES string of the molecule is COCC(CCl)NC(=O)Cc1cccc(F)c1. The number of benzene rings is 1. The van der Waals surface area contributed by atoms with Crippen molar-refractivity contribution in [3.8, 4) is 0 Å². The summed E-state index contributed by atoms with van der Waals surface area (Å²) in [4.78, 5) is 11.6. The van der Waals surface area contributed by atoms with Gasteiger partial charge in [0.2, 0.25) is 5.91 Å². The molecule has 5 heteroatoms. The van der Waals surface area contributed by atoms with Crippen LogP contribution in [0.25, 0.3) is 0 Å². The van der Waals surface area contributed by atoms with E-state index >= 15 is 0 Å². The van der Waals surface area contributed by atoms with E-state index in [4.69, 9.17) is 16.3 Å². The molecule has 1 aromatic rings. The summed E-state index contributed by atoms with van der Waals surface area (Å²) in [5.74, 6) is -0.262. The molecule has 0 radical (unpaired) electrons. The zero-order valence-electron chi connectivity index (χ0n) is 9.58. The molecular formula is C12H15ClFNO2. The lowest BCUT2D eigenvalue weighted by Gasteiger charge is -2.14. The van der Waals surface area contributed by atoms with Crippen LogP contribution in [0.2, 0.25) is 0 Å². The number of halogens is 2. The van der Waals surface area contributed by atoms with Crippen LogP contribution in [0, 0.1) is 5.82 Å². The van der Waals surface area contributed by atoms with Gasteiger partial charge in [0.15, 0.2) is 0 Å². The van der Waals surface area contributed by atoms with Crippen LogP contribution in [-0.4, -0.2) is 31.5 Å². The van der Waals surface area contributed by atoms with Gasteiger partial charge in [-0.1, -0.05) is 12.1 Å². The number of methoxy groups -OCH3 is 1. The Hall–Kier alpha value is -1.13. The minimum Gasteiger partial charge on any atom is -0.383 e. The zero-order valence-corrected chi connectivity index (χ0v) is 10.3. The maximum Gasteiger partial charge on any atom is 0.224 e. The molecule has 0 saturated heterocycles. The number of carbonyl (C=O) groups is 1. The van der Waals surface area contributed by atoms with Crippen LogP contribution in [-0.2, 0) is 16.0 Å². The molecule has 0 fully saturated rings. The molecule has 1 rings (SSSR count). The average Bonchev–Trinajstić information content (AvgIpc) is 2.28. The van der Waals surface area contributed by atoms with E-state index < -0.39 is 0 Å². The largest absolute Gasteiger partial charge is 0.383 e. The van der Waals surface area contributed by atoms with Crippen LogP contribution >= 0.6 is 11.6 Å². The summed E-state index contributed by atoms with van der Waals surface area (Å²) in [5, 5.41) is 2.72. The van der Waals surface area contributed by atoms with Gasteiger partial charge >= 0.3 is 0 Å². The molecule has 1 aromatic carbocycles. The summed E-state index contributed by atoms with van der Waals surface area (Å²) >= 11 is 5.66. The third-order valence-corrected chi connectivity index (χ3v) is 2.55. The van der Waals surface area contributed by atoms with Crippen molar-refractivity contribution < 1.29 is 13.9 Å². The maximum absolute atomic E-state index is 12.9. The van der Waals surface area contributed by atoms with Gasteiger partial charge < -0.3 is 10.1 Å². The average molecular weight is 260 g/mol. The Kier molecular flexibility index (Phi) is 5.94. The lowest BCUT2D eigenvalue weighted by atomic mass is 10.1. The maximum atomic E-state index is 12.9. The van der Waals surface area contributed by atoms with E-state index in [2.05, 4.69) is 5.32 Å². The molecule has 0 heterocycles. The fourth-order valence-electron chi connectivity index (χ4n) is 1.44. The van der Waals surface area contributed by atoms with Gasteiger partial charge in [0, 0.05) is 13.0 Å². The van der Waals surface area contributed by atoms with E-state index in [9.17, 15) is 9.18 Å². The number of hydrogen-bond donors (Lipinski definition) is 1. The topological polar surface area (TPSA) is 38.3 Å². The highest BCUT2D eigenvalue weighted by Gasteiger charge is 2.11. The number of alkyl halides is 1. The van der Waals surface area contributed by atoms with Gasteiger partial charge in [-0.05, 0) is 17.7 Å². The van der Waals surface area contributed by atoms with Crippen molar-refractivity contribution >= 4 is 17.5 Å². The summed E-state index contributed by atoms with van der Waals surface area (Å²) in [5.41, 5.74) is 0.633. The molecule has 0 aliphatic rings. The Morgan fingerprint density at radius 2 is 2.35 bits per heavy atom.